The van der Waals surface area contributed by atoms with Gasteiger partial charge in [0.2, 0.25) is 5.91 Å². The van der Waals surface area contributed by atoms with Crippen molar-refractivity contribution in [2.45, 2.75) is 17.9 Å². The molecule has 0 unspecified atom stereocenters. The molecule has 0 saturated carbocycles. The highest BCUT2D eigenvalue weighted by Crippen LogP contribution is 2.25. The minimum Gasteiger partial charge on any atom is -0.335 e. The first-order valence-corrected chi connectivity index (χ1v) is 9.85. The normalized spacial score (nSPS) is 18.9. The third kappa shape index (κ3) is 3.91. The number of halogens is 2. The van der Waals surface area contributed by atoms with E-state index in [1.54, 1.807) is 6.07 Å². The number of H-pyrrole nitrogens is 1. The van der Waals surface area contributed by atoms with E-state index in [9.17, 15) is 17.6 Å². The van der Waals surface area contributed by atoms with E-state index in [0.717, 1.165) is 0 Å². The largest absolute Gasteiger partial charge is 0.335 e. The fourth-order valence-corrected chi connectivity index (χ4v) is 4.48. The maximum absolute atomic E-state index is 13.9. The molecule has 25 heavy (non-hydrogen) atoms. The number of piperidine rings is 1. The zero-order valence-electron chi connectivity index (χ0n) is 13.1. The van der Waals surface area contributed by atoms with Gasteiger partial charge < -0.3 is 10.3 Å². The Labute approximate surface area is 152 Å². The van der Waals surface area contributed by atoms with Gasteiger partial charge in [-0.1, -0.05) is 15.9 Å². The summed E-state index contributed by atoms with van der Waals surface area (Å²) >= 11 is 3.15. The summed E-state index contributed by atoms with van der Waals surface area (Å²) in [5, 5.41) is 2.53. The summed E-state index contributed by atoms with van der Waals surface area (Å²) in [6.45, 7) is 0.378. The fourth-order valence-electron chi connectivity index (χ4n) is 2.72. The number of imidazole rings is 1. The van der Waals surface area contributed by atoms with Gasteiger partial charge in [-0.15, -0.1) is 0 Å². The van der Waals surface area contributed by atoms with Crippen molar-refractivity contribution in [1.82, 2.24) is 14.3 Å². The molecule has 1 amide bonds. The van der Waals surface area contributed by atoms with Crippen molar-refractivity contribution >= 4 is 37.5 Å². The molecular weight excluding hydrogens is 415 g/mol. The second-order valence-corrected chi connectivity index (χ2v) is 8.55. The van der Waals surface area contributed by atoms with E-state index in [0.29, 0.717) is 23.9 Å². The Morgan fingerprint density at radius 1 is 1.44 bits per heavy atom. The van der Waals surface area contributed by atoms with Crippen molar-refractivity contribution in [2.24, 2.45) is 5.92 Å². The Morgan fingerprint density at radius 2 is 2.24 bits per heavy atom. The van der Waals surface area contributed by atoms with Gasteiger partial charge in [0.05, 0.1) is 24.1 Å². The smallest absolute Gasteiger partial charge is 0.260 e. The zero-order chi connectivity index (χ0) is 18.0. The second-order valence-electron chi connectivity index (χ2n) is 5.73. The second kappa shape index (κ2) is 7.22. The molecule has 1 saturated heterocycles. The van der Waals surface area contributed by atoms with Gasteiger partial charge in [0.1, 0.15) is 5.82 Å². The predicted molar refractivity (Wildman–Crippen MR) is 92.8 cm³/mol. The van der Waals surface area contributed by atoms with Crippen molar-refractivity contribution in [1.29, 1.82) is 0 Å². The van der Waals surface area contributed by atoms with E-state index in [-0.39, 0.29) is 17.3 Å². The molecule has 0 radical (unpaired) electrons. The number of nitrogens with one attached hydrogen (secondary N) is 2. The van der Waals surface area contributed by atoms with Gasteiger partial charge in [0.15, 0.2) is 5.03 Å². The van der Waals surface area contributed by atoms with Crippen molar-refractivity contribution in [3.8, 4) is 0 Å². The van der Waals surface area contributed by atoms with E-state index in [4.69, 9.17) is 0 Å². The minimum atomic E-state index is -3.72. The van der Waals surface area contributed by atoms with E-state index in [1.807, 2.05) is 0 Å². The first-order valence-electron chi connectivity index (χ1n) is 7.62. The van der Waals surface area contributed by atoms with Gasteiger partial charge in [-0.2, -0.15) is 4.31 Å². The van der Waals surface area contributed by atoms with Gasteiger partial charge in [-0.05, 0) is 31.0 Å². The number of amides is 1. The lowest BCUT2D eigenvalue weighted by Crippen LogP contribution is -2.43. The lowest BCUT2D eigenvalue weighted by Gasteiger charge is -2.30. The Balaban J connectivity index is 1.72. The van der Waals surface area contributed by atoms with Crippen LogP contribution in [-0.4, -0.2) is 41.7 Å². The van der Waals surface area contributed by atoms with E-state index >= 15 is 0 Å². The van der Waals surface area contributed by atoms with Crippen molar-refractivity contribution in [3.63, 3.8) is 0 Å². The van der Waals surface area contributed by atoms with Crippen LogP contribution in [-0.2, 0) is 14.8 Å². The lowest BCUT2D eigenvalue weighted by atomic mass is 9.98. The van der Waals surface area contributed by atoms with Crippen LogP contribution >= 0.6 is 15.9 Å². The highest BCUT2D eigenvalue weighted by molar-refractivity contribution is 9.10. The van der Waals surface area contributed by atoms with Crippen molar-refractivity contribution in [2.75, 3.05) is 18.4 Å². The summed E-state index contributed by atoms with van der Waals surface area (Å²) in [5.74, 6) is -1.50. The average Bonchev–Trinajstić information content (AvgIpc) is 3.13. The molecule has 10 heteroatoms. The van der Waals surface area contributed by atoms with Crippen LogP contribution in [0.15, 0.2) is 40.2 Å². The van der Waals surface area contributed by atoms with Gasteiger partial charge in [-0.25, -0.2) is 17.8 Å². The molecule has 7 nitrogen and oxygen atoms in total. The van der Waals surface area contributed by atoms with Crippen LogP contribution in [0.2, 0.25) is 0 Å². The molecule has 1 aromatic heterocycles. The highest BCUT2D eigenvalue weighted by Gasteiger charge is 2.34. The molecule has 134 valence electrons. The molecule has 1 aliphatic heterocycles. The summed E-state index contributed by atoms with van der Waals surface area (Å²) in [7, 11) is -3.72. The molecule has 0 aliphatic carbocycles. The van der Waals surface area contributed by atoms with Crippen LogP contribution in [0.4, 0.5) is 10.1 Å². The van der Waals surface area contributed by atoms with Crippen LogP contribution in [0.25, 0.3) is 0 Å². The summed E-state index contributed by atoms with van der Waals surface area (Å²) in [5.41, 5.74) is 0.0711. The Bertz CT molecular complexity index is 873. The Morgan fingerprint density at radius 3 is 2.92 bits per heavy atom. The number of nitrogens with zero attached hydrogens (tertiary/aromatic N) is 2. The number of carbonyl (C=O) groups excluding carboxylic acids is 1. The maximum Gasteiger partial charge on any atom is 0.260 e. The summed E-state index contributed by atoms with van der Waals surface area (Å²) < 4.78 is 40.7. The number of carbonyl (C=O) groups is 1. The monoisotopic (exact) mass is 430 g/mol. The topological polar surface area (TPSA) is 95.2 Å². The lowest BCUT2D eigenvalue weighted by molar-refractivity contribution is -0.120. The molecule has 2 heterocycles. The maximum atomic E-state index is 13.9. The molecule has 1 aromatic carbocycles. The Kier molecular flexibility index (Phi) is 5.21. The first-order chi connectivity index (χ1) is 11.9. The van der Waals surface area contributed by atoms with Gasteiger partial charge in [0.25, 0.3) is 10.0 Å². The van der Waals surface area contributed by atoms with Gasteiger partial charge in [-0.3, -0.25) is 4.79 Å². The summed E-state index contributed by atoms with van der Waals surface area (Å²) in [6.07, 6.45) is 3.61. The van der Waals surface area contributed by atoms with Crippen LogP contribution in [0.5, 0.6) is 0 Å². The molecular formula is C15H16BrFN4O3S. The fraction of sp³-hybridized carbons (Fsp3) is 0.333. The molecule has 2 N–H and O–H groups in total. The third-order valence-electron chi connectivity index (χ3n) is 4.03. The number of rotatable bonds is 4. The van der Waals surface area contributed by atoms with Gasteiger partial charge >= 0.3 is 0 Å². The third-order valence-corrected chi connectivity index (χ3v) is 6.32. The molecule has 0 bridgehead atoms. The highest BCUT2D eigenvalue weighted by atomic mass is 79.9. The van der Waals surface area contributed by atoms with Gasteiger partial charge in [0, 0.05) is 17.6 Å². The van der Waals surface area contributed by atoms with E-state index in [1.165, 1.54) is 29.0 Å². The Hall–Kier alpha value is -1.78. The zero-order valence-corrected chi connectivity index (χ0v) is 15.5. The predicted octanol–water partition coefficient (Wildman–Crippen LogP) is 2.35. The average molecular weight is 431 g/mol. The van der Waals surface area contributed by atoms with Crippen LogP contribution in [0.1, 0.15) is 12.8 Å². The molecule has 2 aromatic rings. The minimum absolute atomic E-state index is 0.00693. The summed E-state index contributed by atoms with van der Waals surface area (Å²) in [4.78, 5) is 18.7. The first kappa shape index (κ1) is 18.0. The number of aromatic amines is 1. The van der Waals surface area contributed by atoms with Crippen LogP contribution < -0.4 is 5.32 Å². The van der Waals surface area contributed by atoms with E-state index < -0.39 is 27.7 Å². The molecule has 3 rings (SSSR count). The number of aromatic nitrogens is 2. The molecule has 1 fully saturated rings. The number of sulfonamides is 1. The molecule has 1 atom stereocenters. The number of anilines is 1. The van der Waals surface area contributed by atoms with E-state index in [2.05, 4.69) is 31.2 Å². The standard InChI is InChI=1S/C15H16BrFN4O3S/c16-11-3-4-13(12(17)6-11)20-15(22)10-2-1-5-21(8-10)25(23,24)14-7-18-9-19-14/h3-4,6-7,9-10H,1-2,5,8H2,(H,18,19)(H,20,22)/t10-/m0/s1. The number of hydrogen-bond donors (Lipinski definition) is 2. The van der Waals surface area contributed by atoms with Crippen LogP contribution in [0, 0.1) is 11.7 Å². The molecule has 1 aliphatic rings. The number of hydrogen-bond acceptors (Lipinski definition) is 4. The quantitative estimate of drug-likeness (QED) is 0.777. The SMILES string of the molecule is O=C(Nc1ccc(Br)cc1F)[C@H]1CCCN(S(=O)(=O)c2cnc[nH]2)C1. The van der Waals surface area contributed by atoms with Crippen molar-refractivity contribution < 1.29 is 17.6 Å². The number of benzene rings is 1. The summed E-state index contributed by atoms with van der Waals surface area (Å²) in [6, 6.07) is 4.33. The molecule has 0 spiro atoms. The van der Waals surface area contributed by atoms with Crippen molar-refractivity contribution in [3.05, 3.63) is 41.0 Å². The van der Waals surface area contributed by atoms with Crippen LogP contribution in [0.3, 0.4) is 0 Å².